The first kappa shape index (κ1) is 11.0. The largest absolute Gasteiger partial charge is 0.508 e. The van der Waals surface area contributed by atoms with Gasteiger partial charge in [-0.15, -0.1) is 0 Å². The Morgan fingerprint density at radius 3 is 2.93 bits per heavy atom. The summed E-state index contributed by atoms with van der Waals surface area (Å²) in [4.78, 5) is 11.1. The van der Waals surface area contributed by atoms with Gasteiger partial charge < -0.3 is 10.4 Å². The quantitative estimate of drug-likeness (QED) is 0.814. The van der Waals surface area contributed by atoms with Gasteiger partial charge in [-0.1, -0.05) is 28.1 Å². The number of carbonyl (C=O) groups is 1. The average Bonchev–Trinajstić information content (AvgIpc) is 2.17. The van der Waals surface area contributed by atoms with Crippen LogP contribution >= 0.6 is 15.9 Å². The minimum absolute atomic E-state index is 0.0687. The number of hydrogen-bond acceptors (Lipinski definition) is 2. The molecule has 1 aromatic rings. The van der Waals surface area contributed by atoms with E-state index in [9.17, 15) is 9.90 Å². The molecule has 0 saturated heterocycles. The molecule has 2 N–H and O–H groups in total. The summed E-state index contributed by atoms with van der Waals surface area (Å²) in [5.74, 6) is 0.142. The number of hydrogen-bond donors (Lipinski definition) is 2. The molecule has 0 bridgehead atoms. The van der Waals surface area contributed by atoms with Crippen LogP contribution in [0.15, 0.2) is 24.3 Å². The molecular weight excluding hydrogens is 246 g/mol. The van der Waals surface area contributed by atoms with Crippen LogP contribution in [0, 0.1) is 0 Å². The van der Waals surface area contributed by atoms with Gasteiger partial charge in [0, 0.05) is 0 Å². The molecule has 4 heteroatoms. The molecule has 1 rings (SSSR count). The molecule has 76 valence electrons. The van der Waals surface area contributed by atoms with Crippen molar-refractivity contribution in [3.63, 3.8) is 0 Å². The Kier molecular flexibility index (Phi) is 3.95. The molecule has 0 aliphatic heterocycles. The van der Waals surface area contributed by atoms with Crippen LogP contribution in [-0.2, 0) is 4.79 Å². The molecule has 1 amide bonds. The molecule has 1 atom stereocenters. The molecule has 0 aliphatic rings. The Morgan fingerprint density at radius 1 is 1.64 bits per heavy atom. The zero-order chi connectivity index (χ0) is 10.6. The lowest BCUT2D eigenvalue weighted by atomic mass is 10.1. The molecule has 0 fully saturated rings. The van der Waals surface area contributed by atoms with Crippen LogP contribution in [0.3, 0.4) is 0 Å². The third-order valence-electron chi connectivity index (χ3n) is 1.87. The predicted octanol–water partition coefficient (Wildman–Crippen LogP) is 1.96. The number of amides is 1. The van der Waals surface area contributed by atoms with E-state index in [4.69, 9.17) is 0 Å². The van der Waals surface area contributed by atoms with Gasteiger partial charge in [0.25, 0.3) is 0 Å². The van der Waals surface area contributed by atoms with E-state index in [0.29, 0.717) is 0 Å². The Morgan fingerprint density at radius 2 is 2.36 bits per heavy atom. The molecule has 0 saturated carbocycles. The second-order valence-corrected chi connectivity index (χ2v) is 3.58. The van der Waals surface area contributed by atoms with Crippen molar-refractivity contribution >= 4 is 21.8 Å². The van der Waals surface area contributed by atoms with E-state index in [1.807, 2.05) is 13.0 Å². The van der Waals surface area contributed by atoms with Crippen molar-refractivity contribution in [1.82, 2.24) is 5.32 Å². The van der Waals surface area contributed by atoms with E-state index in [1.165, 1.54) is 0 Å². The fraction of sp³-hybridized carbons (Fsp3) is 0.300. The molecule has 0 aromatic heterocycles. The summed E-state index contributed by atoms with van der Waals surface area (Å²) in [5, 5.41) is 12.3. The van der Waals surface area contributed by atoms with Crippen LogP contribution < -0.4 is 5.32 Å². The summed E-state index contributed by atoms with van der Waals surface area (Å²) in [6, 6.07) is 6.76. The fourth-order valence-electron chi connectivity index (χ4n) is 1.16. The second-order valence-electron chi connectivity index (χ2n) is 3.02. The number of phenols is 1. The van der Waals surface area contributed by atoms with Crippen LogP contribution in [0.5, 0.6) is 5.75 Å². The summed E-state index contributed by atoms with van der Waals surface area (Å²) in [7, 11) is 0. The molecule has 3 nitrogen and oxygen atoms in total. The first-order chi connectivity index (χ1) is 6.63. The van der Waals surface area contributed by atoms with Crippen LogP contribution in [0.25, 0.3) is 0 Å². The van der Waals surface area contributed by atoms with Gasteiger partial charge in [0.1, 0.15) is 5.75 Å². The van der Waals surface area contributed by atoms with Gasteiger partial charge in [0.15, 0.2) is 0 Å². The molecule has 1 unspecified atom stereocenters. The van der Waals surface area contributed by atoms with Crippen molar-refractivity contribution in [1.29, 1.82) is 0 Å². The van der Waals surface area contributed by atoms with Crippen molar-refractivity contribution in [2.45, 2.75) is 13.0 Å². The number of benzene rings is 1. The lowest BCUT2D eigenvalue weighted by Gasteiger charge is -2.13. The molecule has 14 heavy (non-hydrogen) atoms. The van der Waals surface area contributed by atoms with Crippen molar-refractivity contribution < 1.29 is 9.90 Å². The average molecular weight is 258 g/mol. The number of phenolic OH excluding ortho intramolecular Hbond substituents is 1. The van der Waals surface area contributed by atoms with E-state index < -0.39 is 0 Å². The first-order valence-corrected chi connectivity index (χ1v) is 5.40. The molecule has 1 aromatic carbocycles. The summed E-state index contributed by atoms with van der Waals surface area (Å²) >= 11 is 3.07. The van der Waals surface area contributed by atoms with Crippen molar-refractivity contribution in [2.75, 3.05) is 5.33 Å². The van der Waals surface area contributed by atoms with Crippen LogP contribution in [-0.4, -0.2) is 16.3 Å². The lowest BCUT2D eigenvalue weighted by Crippen LogP contribution is -2.27. The van der Waals surface area contributed by atoms with Crippen molar-refractivity contribution in [3.8, 4) is 5.75 Å². The maximum atomic E-state index is 11.1. The van der Waals surface area contributed by atoms with Gasteiger partial charge in [0.2, 0.25) is 5.91 Å². The van der Waals surface area contributed by atoms with Crippen molar-refractivity contribution in [2.24, 2.45) is 0 Å². The Labute approximate surface area is 91.3 Å². The van der Waals surface area contributed by atoms with E-state index in [1.54, 1.807) is 18.2 Å². The maximum absolute atomic E-state index is 11.1. The molecule has 0 heterocycles. The summed E-state index contributed by atoms with van der Waals surface area (Å²) in [5.41, 5.74) is 0.888. The zero-order valence-corrected chi connectivity index (χ0v) is 9.41. The number of aromatic hydroxyl groups is 1. The Bertz CT molecular complexity index is 328. The van der Waals surface area contributed by atoms with Gasteiger partial charge in [-0.3, -0.25) is 4.79 Å². The van der Waals surface area contributed by atoms with E-state index >= 15 is 0 Å². The number of nitrogens with one attached hydrogen (secondary N) is 1. The molecular formula is C10H12BrNO2. The van der Waals surface area contributed by atoms with Gasteiger partial charge >= 0.3 is 0 Å². The number of alkyl halides is 1. The van der Waals surface area contributed by atoms with Gasteiger partial charge in [0.05, 0.1) is 11.4 Å². The van der Waals surface area contributed by atoms with E-state index in [0.717, 1.165) is 5.56 Å². The second kappa shape index (κ2) is 5.00. The predicted molar refractivity (Wildman–Crippen MR) is 58.5 cm³/mol. The van der Waals surface area contributed by atoms with Gasteiger partial charge in [-0.2, -0.15) is 0 Å². The summed E-state index contributed by atoms with van der Waals surface area (Å²) in [6.45, 7) is 1.87. The maximum Gasteiger partial charge on any atom is 0.231 e. The number of carbonyl (C=O) groups excluding carboxylic acids is 1. The third kappa shape index (κ3) is 3.03. The molecule has 0 spiro atoms. The minimum atomic E-state index is -0.0906. The van der Waals surface area contributed by atoms with Crippen LogP contribution in [0.2, 0.25) is 0 Å². The minimum Gasteiger partial charge on any atom is -0.508 e. The molecule has 0 radical (unpaired) electrons. The monoisotopic (exact) mass is 257 g/mol. The Hall–Kier alpha value is -1.03. The normalized spacial score (nSPS) is 12.1. The third-order valence-corrected chi connectivity index (χ3v) is 2.38. The number of halogens is 1. The lowest BCUT2D eigenvalue weighted by molar-refractivity contribution is -0.119. The van der Waals surface area contributed by atoms with Gasteiger partial charge in [-0.05, 0) is 24.6 Å². The highest BCUT2D eigenvalue weighted by Crippen LogP contribution is 2.17. The summed E-state index contributed by atoms with van der Waals surface area (Å²) in [6.07, 6.45) is 0. The Balaban J connectivity index is 2.69. The fourth-order valence-corrected chi connectivity index (χ4v) is 1.32. The van der Waals surface area contributed by atoms with E-state index in [-0.39, 0.29) is 23.0 Å². The standard InChI is InChI=1S/C10H12BrNO2/c1-7(12-10(14)6-11)8-3-2-4-9(13)5-8/h2-5,7,13H,6H2,1H3,(H,12,14). The highest BCUT2D eigenvalue weighted by atomic mass is 79.9. The molecule has 0 aliphatic carbocycles. The van der Waals surface area contributed by atoms with Gasteiger partial charge in [-0.25, -0.2) is 0 Å². The highest BCUT2D eigenvalue weighted by molar-refractivity contribution is 9.09. The SMILES string of the molecule is CC(NC(=O)CBr)c1cccc(O)c1. The summed E-state index contributed by atoms with van der Waals surface area (Å²) < 4.78 is 0. The van der Waals surface area contributed by atoms with Crippen molar-refractivity contribution in [3.05, 3.63) is 29.8 Å². The number of rotatable bonds is 3. The highest BCUT2D eigenvalue weighted by Gasteiger charge is 2.08. The first-order valence-electron chi connectivity index (χ1n) is 4.27. The van der Waals surface area contributed by atoms with E-state index in [2.05, 4.69) is 21.2 Å². The zero-order valence-electron chi connectivity index (χ0n) is 7.83. The smallest absolute Gasteiger partial charge is 0.231 e. The topological polar surface area (TPSA) is 49.3 Å². The van der Waals surface area contributed by atoms with Crippen LogP contribution in [0.4, 0.5) is 0 Å². The van der Waals surface area contributed by atoms with Crippen LogP contribution in [0.1, 0.15) is 18.5 Å².